The molecule has 0 heterocycles. The molecule has 0 aromatic carbocycles. The van der Waals surface area contributed by atoms with Crippen LogP contribution in [0.3, 0.4) is 0 Å². The van der Waals surface area contributed by atoms with Crippen LogP contribution in [0, 0.1) is 10.8 Å². The third-order valence-electron chi connectivity index (χ3n) is 3.16. The van der Waals surface area contributed by atoms with Crippen molar-refractivity contribution >= 4 is 11.8 Å². The largest absolute Gasteiger partial charge is 0.365 e. The highest BCUT2D eigenvalue weighted by Crippen LogP contribution is 2.21. The first-order valence-electron chi connectivity index (χ1n) is 8.82. The molecule has 0 rings (SSSR count). The zero-order valence-electron chi connectivity index (χ0n) is 17.3. The van der Waals surface area contributed by atoms with Crippen LogP contribution < -0.4 is 0 Å². The second kappa shape index (κ2) is 11.4. The van der Waals surface area contributed by atoms with E-state index in [0.717, 1.165) is 17.1 Å². The maximum atomic E-state index is 9.02. The minimum Gasteiger partial charge on any atom is -0.365 e. The van der Waals surface area contributed by atoms with Crippen LogP contribution in [0.2, 0.25) is 0 Å². The van der Waals surface area contributed by atoms with Gasteiger partial charge in [-0.3, -0.25) is 0 Å². The fourth-order valence-corrected chi connectivity index (χ4v) is 2.51. The van der Waals surface area contributed by atoms with Crippen LogP contribution in [-0.2, 0) is 9.47 Å². The number of aliphatic hydroxyl groups excluding tert-OH is 1. The first-order valence-corrected chi connectivity index (χ1v) is 9.98. The molecule has 0 radical (unpaired) electrons. The van der Waals surface area contributed by atoms with Crippen molar-refractivity contribution in [2.75, 3.05) is 24.7 Å². The summed E-state index contributed by atoms with van der Waals surface area (Å²) in [6.07, 6.45) is 2.27. The Balaban J connectivity index is 4.61. The second-order valence-corrected chi connectivity index (χ2v) is 9.96. The van der Waals surface area contributed by atoms with Crippen LogP contribution in [0.1, 0.15) is 55.4 Å². The van der Waals surface area contributed by atoms with E-state index in [1.165, 1.54) is 0 Å². The molecule has 0 aromatic rings. The Morgan fingerprint density at radius 3 is 1.60 bits per heavy atom. The van der Waals surface area contributed by atoms with Crippen LogP contribution in [0.15, 0.2) is 23.3 Å². The molecule has 25 heavy (non-hydrogen) atoms. The van der Waals surface area contributed by atoms with Crippen molar-refractivity contribution < 1.29 is 19.7 Å². The maximum absolute atomic E-state index is 9.02. The first-order chi connectivity index (χ1) is 11.3. The standard InChI is InChI=1S/C20H38O4S/c1-15(17(21)22)9-11-25-12-10-16(2)18(23-13-19(3,4)5)24-14-20(6,7)8/h9-10,17-18,21-22H,11-14H2,1-8H3. The summed E-state index contributed by atoms with van der Waals surface area (Å²) in [6.45, 7) is 17.9. The average molecular weight is 375 g/mol. The molecular weight excluding hydrogens is 336 g/mol. The number of hydrogen-bond donors (Lipinski definition) is 2. The van der Waals surface area contributed by atoms with Gasteiger partial charge in [0.2, 0.25) is 0 Å². The lowest BCUT2D eigenvalue weighted by molar-refractivity contribution is -0.147. The van der Waals surface area contributed by atoms with Crippen molar-refractivity contribution in [2.45, 2.75) is 68.0 Å². The van der Waals surface area contributed by atoms with Gasteiger partial charge in [-0.2, -0.15) is 11.8 Å². The van der Waals surface area contributed by atoms with Gasteiger partial charge in [0, 0.05) is 11.5 Å². The number of thioether (sulfide) groups is 1. The Morgan fingerprint density at radius 1 is 0.840 bits per heavy atom. The lowest BCUT2D eigenvalue weighted by atomic mass is 9.98. The van der Waals surface area contributed by atoms with Crippen molar-refractivity contribution in [2.24, 2.45) is 10.8 Å². The topological polar surface area (TPSA) is 58.9 Å². The second-order valence-electron chi connectivity index (χ2n) is 8.88. The molecule has 0 aliphatic carbocycles. The van der Waals surface area contributed by atoms with Crippen molar-refractivity contribution in [3.63, 3.8) is 0 Å². The molecule has 0 amide bonds. The number of hydrogen-bond acceptors (Lipinski definition) is 5. The van der Waals surface area contributed by atoms with Crippen LogP contribution in [0.4, 0.5) is 0 Å². The first kappa shape index (κ1) is 24.7. The Morgan fingerprint density at radius 2 is 1.24 bits per heavy atom. The molecule has 0 unspecified atom stereocenters. The van der Waals surface area contributed by atoms with E-state index in [9.17, 15) is 0 Å². The van der Waals surface area contributed by atoms with Gasteiger partial charge in [-0.05, 0) is 35.8 Å². The van der Waals surface area contributed by atoms with E-state index in [4.69, 9.17) is 19.7 Å². The lowest BCUT2D eigenvalue weighted by Gasteiger charge is -2.28. The van der Waals surface area contributed by atoms with Gasteiger partial charge < -0.3 is 19.7 Å². The van der Waals surface area contributed by atoms with Gasteiger partial charge in [-0.1, -0.05) is 53.7 Å². The van der Waals surface area contributed by atoms with Crippen LogP contribution in [0.25, 0.3) is 0 Å². The highest BCUT2D eigenvalue weighted by molar-refractivity contribution is 7.99. The fourth-order valence-electron chi connectivity index (χ4n) is 1.61. The van der Waals surface area contributed by atoms with E-state index in [1.54, 1.807) is 18.7 Å². The minimum atomic E-state index is -1.36. The van der Waals surface area contributed by atoms with Crippen LogP contribution in [0.5, 0.6) is 0 Å². The highest BCUT2D eigenvalue weighted by atomic mass is 32.2. The van der Waals surface area contributed by atoms with Gasteiger partial charge in [-0.25, -0.2) is 0 Å². The minimum absolute atomic E-state index is 0.0891. The maximum Gasteiger partial charge on any atom is 0.179 e. The van der Waals surface area contributed by atoms with Crippen molar-refractivity contribution in [1.82, 2.24) is 0 Å². The quantitative estimate of drug-likeness (QED) is 0.338. The molecule has 4 nitrogen and oxygen atoms in total. The Labute approximate surface area is 158 Å². The third kappa shape index (κ3) is 14.5. The van der Waals surface area contributed by atoms with Gasteiger partial charge >= 0.3 is 0 Å². The third-order valence-corrected chi connectivity index (χ3v) is 3.97. The van der Waals surface area contributed by atoms with Crippen molar-refractivity contribution in [1.29, 1.82) is 0 Å². The average Bonchev–Trinajstić information content (AvgIpc) is 2.43. The summed E-state index contributed by atoms with van der Waals surface area (Å²) >= 11 is 1.71. The van der Waals surface area contributed by atoms with E-state index >= 15 is 0 Å². The Hall–Kier alpha value is -0.330. The lowest BCUT2D eigenvalue weighted by Crippen LogP contribution is -2.28. The summed E-state index contributed by atoms with van der Waals surface area (Å²) in [7, 11) is 0. The van der Waals surface area contributed by atoms with E-state index in [0.29, 0.717) is 18.8 Å². The van der Waals surface area contributed by atoms with Gasteiger partial charge in [0.05, 0.1) is 13.2 Å². The predicted octanol–water partition coefficient (Wildman–Crippen LogP) is 4.37. The summed E-state index contributed by atoms with van der Waals surface area (Å²) in [5, 5.41) is 18.0. The molecular formula is C20H38O4S. The van der Waals surface area contributed by atoms with Gasteiger partial charge in [-0.15, -0.1) is 0 Å². The molecule has 2 N–H and O–H groups in total. The number of ether oxygens (including phenoxy) is 2. The van der Waals surface area contributed by atoms with Crippen LogP contribution >= 0.6 is 11.8 Å². The van der Waals surface area contributed by atoms with E-state index in [-0.39, 0.29) is 17.1 Å². The zero-order chi connectivity index (χ0) is 19.7. The SMILES string of the molecule is CC(=CCSCC=C(C)C(OCC(C)(C)C)OCC(C)(C)C)C(O)O. The van der Waals surface area contributed by atoms with Crippen molar-refractivity contribution in [3.05, 3.63) is 23.3 Å². The molecule has 0 aromatic heterocycles. The summed E-state index contributed by atoms with van der Waals surface area (Å²) < 4.78 is 12.0. The normalized spacial score (nSPS) is 14.7. The van der Waals surface area contributed by atoms with Gasteiger partial charge in [0.1, 0.15) is 0 Å². The molecule has 148 valence electrons. The number of aliphatic hydroxyl groups is 2. The smallest absolute Gasteiger partial charge is 0.179 e. The molecule has 0 spiro atoms. The number of rotatable bonds is 10. The van der Waals surface area contributed by atoms with Crippen LogP contribution in [-0.4, -0.2) is 47.5 Å². The van der Waals surface area contributed by atoms with E-state index in [1.807, 2.05) is 13.0 Å². The summed E-state index contributed by atoms with van der Waals surface area (Å²) in [6, 6.07) is 0. The van der Waals surface area contributed by atoms with E-state index < -0.39 is 6.29 Å². The molecule has 0 fully saturated rings. The highest BCUT2D eigenvalue weighted by Gasteiger charge is 2.20. The molecule has 0 aliphatic heterocycles. The zero-order valence-corrected chi connectivity index (χ0v) is 18.1. The Bertz CT molecular complexity index is 410. The fraction of sp³-hybridized carbons (Fsp3) is 0.800. The van der Waals surface area contributed by atoms with Gasteiger partial charge in [0.15, 0.2) is 12.6 Å². The van der Waals surface area contributed by atoms with Crippen molar-refractivity contribution in [3.8, 4) is 0 Å². The molecule has 0 saturated heterocycles. The summed E-state index contributed by atoms with van der Waals surface area (Å²) in [5.41, 5.74) is 1.83. The summed E-state index contributed by atoms with van der Waals surface area (Å²) in [4.78, 5) is 0. The molecule has 0 atom stereocenters. The molecule has 0 saturated carbocycles. The molecule has 0 bridgehead atoms. The van der Waals surface area contributed by atoms with E-state index in [2.05, 4.69) is 47.6 Å². The Kier molecular flexibility index (Phi) is 11.2. The van der Waals surface area contributed by atoms with Gasteiger partial charge in [0.25, 0.3) is 0 Å². The monoisotopic (exact) mass is 374 g/mol. The molecule has 5 heteroatoms. The summed E-state index contributed by atoms with van der Waals surface area (Å²) in [5.74, 6) is 1.56. The predicted molar refractivity (Wildman–Crippen MR) is 108 cm³/mol. The molecule has 0 aliphatic rings.